The molecule has 0 bridgehead atoms. The van der Waals surface area contributed by atoms with E-state index in [0.29, 0.717) is 18.9 Å². The number of carboxylic acid groups (broad SMARTS) is 1. The first kappa shape index (κ1) is 18.1. The fourth-order valence-electron chi connectivity index (χ4n) is 2.55. The van der Waals surface area contributed by atoms with E-state index in [2.05, 4.69) is 20.8 Å². The highest BCUT2D eigenvalue weighted by Gasteiger charge is 2.20. The van der Waals surface area contributed by atoms with Crippen LogP contribution in [0.1, 0.15) is 43.4 Å². The van der Waals surface area contributed by atoms with Crippen LogP contribution in [0, 0.1) is 5.92 Å². The molecule has 0 saturated carbocycles. The number of benzene rings is 2. The van der Waals surface area contributed by atoms with Crippen LogP contribution in [0.5, 0.6) is 5.75 Å². The van der Waals surface area contributed by atoms with Gasteiger partial charge in [-0.2, -0.15) is 0 Å². The number of carbonyl (C=O) groups is 1. The number of rotatable bonds is 8. The molecule has 24 heavy (non-hydrogen) atoms. The van der Waals surface area contributed by atoms with Crippen LogP contribution in [0.3, 0.4) is 0 Å². The Bertz CT molecular complexity index is 642. The van der Waals surface area contributed by atoms with Crippen LogP contribution in [-0.4, -0.2) is 17.7 Å². The number of hydrogen-bond acceptors (Lipinski definition) is 2. The number of carboxylic acids is 1. The molecule has 0 aliphatic heterocycles. The van der Waals surface area contributed by atoms with E-state index in [9.17, 15) is 9.90 Å². The lowest BCUT2D eigenvalue weighted by atomic mass is 9.91. The predicted molar refractivity (Wildman–Crippen MR) is 96.7 cm³/mol. The molecule has 0 radical (unpaired) electrons. The van der Waals surface area contributed by atoms with Crippen molar-refractivity contribution < 1.29 is 14.6 Å². The van der Waals surface area contributed by atoms with E-state index in [4.69, 9.17) is 4.74 Å². The summed E-state index contributed by atoms with van der Waals surface area (Å²) in [4.78, 5) is 11.7. The topological polar surface area (TPSA) is 46.5 Å². The Morgan fingerprint density at radius 2 is 1.58 bits per heavy atom. The Kier molecular flexibility index (Phi) is 6.42. The molecule has 3 nitrogen and oxygen atoms in total. The summed E-state index contributed by atoms with van der Waals surface area (Å²) in [5, 5.41) is 9.59. The molecule has 0 fully saturated rings. The van der Waals surface area contributed by atoms with Gasteiger partial charge < -0.3 is 9.84 Å². The SMILES string of the molecule is CCc1ccc(C(Cc2ccc(OCC(C)C)cc2)C(=O)O)cc1. The molecule has 0 spiro atoms. The smallest absolute Gasteiger partial charge is 0.311 e. The lowest BCUT2D eigenvalue weighted by Gasteiger charge is -2.14. The Morgan fingerprint density at radius 1 is 1.00 bits per heavy atom. The average Bonchev–Trinajstić information content (AvgIpc) is 2.58. The normalized spacial score (nSPS) is 12.2. The van der Waals surface area contributed by atoms with Gasteiger partial charge in [-0.1, -0.05) is 57.2 Å². The highest BCUT2D eigenvalue weighted by atomic mass is 16.5. The second-order valence-electron chi connectivity index (χ2n) is 6.54. The third-order valence-electron chi connectivity index (χ3n) is 4.03. The second-order valence-corrected chi connectivity index (χ2v) is 6.54. The standard InChI is InChI=1S/C21H26O3/c1-4-16-5-9-18(10-6-16)20(21(22)23)13-17-7-11-19(12-8-17)24-14-15(2)3/h5-12,15,20H,4,13-14H2,1-3H3,(H,22,23). The molecule has 0 aliphatic rings. The molecule has 0 aliphatic carbocycles. The molecule has 1 atom stereocenters. The first-order valence-electron chi connectivity index (χ1n) is 8.53. The minimum Gasteiger partial charge on any atom is -0.493 e. The molecule has 0 amide bonds. The van der Waals surface area contributed by atoms with Crippen molar-refractivity contribution in [2.45, 2.75) is 39.5 Å². The second kappa shape index (κ2) is 8.53. The van der Waals surface area contributed by atoms with Gasteiger partial charge in [0.15, 0.2) is 0 Å². The van der Waals surface area contributed by atoms with Gasteiger partial charge in [-0.05, 0) is 47.6 Å². The molecule has 1 N–H and O–H groups in total. The van der Waals surface area contributed by atoms with Crippen LogP contribution in [0.25, 0.3) is 0 Å². The van der Waals surface area contributed by atoms with Gasteiger partial charge in [0.2, 0.25) is 0 Å². The van der Waals surface area contributed by atoms with Crippen molar-refractivity contribution in [2.75, 3.05) is 6.61 Å². The van der Waals surface area contributed by atoms with Crippen molar-refractivity contribution >= 4 is 5.97 Å². The molecule has 128 valence electrons. The Morgan fingerprint density at radius 3 is 2.08 bits per heavy atom. The largest absolute Gasteiger partial charge is 0.493 e. The fraction of sp³-hybridized carbons (Fsp3) is 0.381. The van der Waals surface area contributed by atoms with Gasteiger partial charge in [0.1, 0.15) is 5.75 Å². The van der Waals surface area contributed by atoms with Crippen LogP contribution in [0.4, 0.5) is 0 Å². The predicted octanol–water partition coefficient (Wildman–Crippen LogP) is 4.69. The summed E-state index contributed by atoms with van der Waals surface area (Å²) in [6, 6.07) is 15.6. The summed E-state index contributed by atoms with van der Waals surface area (Å²) < 4.78 is 5.67. The van der Waals surface area contributed by atoms with E-state index in [-0.39, 0.29) is 0 Å². The van der Waals surface area contributed by atoms with Crippen molar-refractivity contribution in [1.82, 2.24) is 0 Å². The van der Waals surface area contributed by atoms with Gasteiger partial charge in [-0.25, -0.2) is 0 Å². The summed E-state index contributed by atoms with van der Waals surface area (Å²) >= 11 is 0. The zero-order valence-electron chi connectivity index (χ0n) is 14.7. The molecule has 0 aromatic heterocycles. The molecular formula is C21H26O3. The monoisotopic (exact) mass is 326 g/mol. The van der Waals surface area contributed by atoms with E-state index in [1.54, 1.807) is 0 Å². The lowest BCUT2D eigenvalue weighted by Crippen LogP contribution is -2.14. The minimum absolute atomic E-state index is 0.477. The van der Waals surface area contributed by atoms with E-state index < -0.39 is 11.9 Å². The van der Waals surface area contributed by atoms with E-state index in [1.807, 2.05) is 48.5 Å². The maximum atomic E-state index is 11.7. The van der Waals surface area contributed by atoms with Gasteiger partial charge in [0.25, 0.3) is 0 Å². The number of aliphatic carboxylic acids is 1. The summed E-state index contributed by atoms with van der Waals surface area (Å²) in [5.74, 6) is -0.0171. The van der Waals surface area contributed by atoms with Crippen LogP contribution in [0.2, 0.25) is 0 Å². The van der Waals surface area contributed by atoms with E-state index in [0.717, 1.165) is 23.3 Å². The third-order valence-corrected chi connectivity index (χ3v) is 4.03. The highest BCUT2D eigenvalue weighted by molar-refractivity contribution is 5.76. The van der Waals surface area contributed by atoms with Crippen molar-refractivity contribution in [1.29, 1.82) is 0 Å². The zero-order chi connectivity index (χ0) is 17.5. The van der Waals surface area contributed by atoms with Crippen LogP contribution in [0.15, 0.2) is 48.5 Å². The Hall–Kier alpha value is -2.29. The van der Waals surface area contributed by atoms with Gasteiger partial charge in [-0.15, -0.1) is 0 Å². The van der Waals surface area contributed by atoms with Crippen molar-refractivity contribution in [3.05, 3.63) is 65.2 Å². The summed E-state index contributed by atoms with van der Waals surface area (Å²) in [7, 11) is 0. The van der Waals surface area contributed by atoms with Crippen molar-refractivity contribution in [3.63, 3.8) is 0 Å². The third kappa shape index (κ3) is 5.12. The Labute approximate surface area is 144 Å². The number of aryl methyl sites for hydroxylation is 1. The molecule has 0 heterocycles. The number of ether oxygens (including phenoxy) is 1. The number of hydrogen-bond donors (Lipinski definition) is 1. The minimum atomic E-state index is -0.792. The molecule has 2 rings (SSSR count). The van der Waals surface area contributed by atoms with Gasteiger partial charge in [0.05, 0.1) is 12.5 Å². The van der Waals surface area contributed by atoms with E-state index >= 15 is 0 Å². The van der Waals surface area contributed by atoms with Crippen LogP contribution in [-0.2, 0) is 17.6 Å². The summed E-state index contributed by atoms with van der Waals surface area (Å²) in [6.45, 7) is 6.98. The highest BCUT2D eigenvalue weighted by Crippen LogP contribution is 2.23. The zero-order valence-corrected chi connectivity index (χ0v) is 14.7. The molecule has 1 unspecified atom stereocenters. The lowest BCUT2D eigenvalue weighted by molar-refractivity contribution is -0.138. The quantitative estimate of drug-likeness (QED) is 0.765. The van der Waals surface area contributed by atoms with Crippen molar-refractivity contribution in [2.24, 2.45) is 5.92 Å². The van der Waals surface area contributed by atoms with Crippen LogP contribution >= 0.6 is 0 Å². The molecule has 0 saturated heterocycles. The Balaban J connectivity index is 2.08. The van der Waals surface area contributed by atoms with Gasteiger partial charge in [-0.3, -0.25) is 4.79 Å². The first-order chi connectivity index (χ1) is 11.5. The molecule has 3 heteroatoms. The van der Waals surface area contributed by atoms with Crippen molar-refractivity contribution in [3.8, 4) is 5.75 Å². The molecule has 2 aromatic rings. The molecular weight excluding hydrogens is 300 g/mol. The average molecular weight is 326 g/mol. The van der Waals surface area contributed by atoms with Gasteiger partial charge in [0, 0.05) is 0 Å². The molecule has 2 aromatic carbocycles. The first-order valence-corrected chi connectivity index (χ1v) is 8.53. The van der Waals surface area contributed by atoms with Crippen LogP contribution < -0.4 is 4.74 Å². The maximum Gasteiger partial charge on any atom is 0.311 e. The summed E-state index contributed by atoms with van der Waals surface area (Å²) in [5.41, 5.74) is 3.06. The van der Waals surface area contributed by atoms with Gasteiger partial charge >= 0.3 is 5.97 Å². The fourth-order valence-corrected chi connectivity index (χ4v) is 2.55. The van der Waals surface area contributed by atoms with E-state index in [1.165, 1.54) is 5.56 Å². The summed E-state index contributed by atoms with van der Waals surface area (Å²) in [6.07, 6.45) is 1.43. The maximum absolute atomic E-state index is 11.7.